The van der Waals surface area contributed by atoms with Crippen LogP contribution in [0.15, 0.2) is 12.7 Å². The van der Waals surface area contributed by atoms with Crippen molar-refractivity contribution in [1.29, 1.82) is 5.26 Å². The minimum atomic E-state index is -2.87. The van der Waals surface area contributed by atoms with Crippen molar-refractivity contribution < 1.29 is 14.4 Å². The van der Waals surface area contributed by atoms with Gasteiger partial charge < -0.3 is 0 Å². The summed E-state index contributed by atoms with van der Waals surface area (Å²) in [6.07, 6.45) is 1.18. The molecule has 0 saturated carbocycles. The first-order chi connectivity index (χ1) is 3.65. The van der Waals surface area contributed by atoms with E-state index in [4.69, 9.17) is 19.6 Å². The average molecular weight is 134 g/mol. The van der Waals surface area contributed by atoms with Gasteiger partial charge in [0.25, 0.3) is 0 Å². The van der Waals surface area contributed by atoms with Crippen LogP contribution in [0.2, 0.25) is 0 Å². The molecule has 0 aliphatic rings. The first-order valence-electron chi connectivity index (χ1n) is 1.50. The van der Waals surface area contributed by atoms with Crippen LogP contribution in [0, 0.1) is 11.3 Å². The van der Waals surface area contributed by atoms with E-state index in [-0.39, 0.29) is 0 Å². The van der Waals surface area contributed by atoms with Gasteiger partial charge in [-0.25, -0.2) is 0 Å². The summed E-state index contributed by atoms with van der Waals surface area (Å²) < 4.78 is 8.70. The highest BCUT2D eigenvalue weighted by atomic mass is 31.1. The number of hydrogen-bond donors (Lipinski definition) is 2. The van der Waals surface area contributed by atoms with E-state index < -0.39 is 8.25 Å². The second-order valence-electron chi connectivity index (χ2n) is 0.586. The molecular formula is C3H5NO3P+. The Labute approximate surface area is 47.6 Å². The molecule has 2 N–H and O–H groups in total. The Morgan fingerprint density at radius 1 is 1.75 bits per heavy atom. The molecule has 0 amide bonds. The van der Waals surface area contributed by atoms with Crippen LogP contribution in [-0.4, -0.2) is 9.79 Å². The molecule has 5 heteroatoms. The maximum absolute atomic E-state index is 8.70. The van der Waals surface area contributed by atoms with Crippen LogP contribution in [-0.2, 0) is 4.57 Å². The van der Waals surface area contributed by atoms with Crippen LogP contribution >= 0.6 is 8.25 Å². The molecule has 4 nitrogen and oxygen atoms in total. The second-order valence-corrected chi connectivity index (χ2v) is 1.09. The predicted octanol–water partition coefficient (Wildman–Crippen LogP) is 0.324. The van der Waals surface area contributed by atoms with Gasteiger partial charge in [-0.15, -0.1) is 9.79 Å². The largest absolute Gasteiger partial charge is 0.692 e. The first kappa shape index (κ1) is 10.3. The quantitative estimate of drug-likeness (QED) is 0.369. The summed E-state index contributed by atoms with van der Waals surface area (Å²) in [5, 5.41) is 7.51. The highest BCUT2D eigenvalue weighted by molar-refractivity contribution is 7.30. The topological polar surface area (TPSA) is 81.3 Å². The number of hydrogen-bond acceptors (Lipinski definition) is 2. The van der Waals surface area contributed by atoms with Crippen molar-refractivity contribution in [3.63, 3.8) is 0 Å². The maximum Gasteiger partial charge on any atom is 0.692 e. The molecule has 0 saturated heterocycles. The molecule has 0 unspecified atom stereocenters. The lowest BCUT2D eigenvalue weighted by atomic mass is 10.8. The van der Waals surface area contributed by atoms with Crippen molar-refractivity contribution in [2.24, 2.45) is 0 Å². The van der Waals surface area contributed by atoms with Gasteiger partial charge in [0.05, 0.1) is 6.07 Å². The van der Waals surface area contributed by atoms with Gasteiger partial charge in [0.1, 0.15) is 0 Å². The summed E-state index contributed by atoms with van der Waals surface area (Å²) in [4.78, 5) is 14.2. The van der Waals surface area contributed by atoms with E-state index in [2.05, 4.69) is 6.58 Å². The van der Waals surface area contributed by atoms with Gasteiger partial charge in [0.2, 0.25) is 0 Å². The zero-order chi connectivity index (χ0) is 6.99. The highest BCUT2D eigenvalue weighted by Crippen LogP contribution is 1.98. The zero-order valence-electron chi connectivity index (χ0n) is 3.98. The Kier molecular flexibility index (Phi) is 12.2. The van der Waals surface area contributed by atoms with Gasteiger partial charge in [0.15, 0.2) is 0 Å². The molecule has 0 rings (SSSR count). The molecule has 8 heavy (non-hydrogen) atoms. The molecule has 0 radical (unpaired) electrons. The normalized spacial score (nSPS) is 5.12. The monoisotopic (exact) mass is 134 g/mol. The molecular weight excluding hydrogens is 129 g/mol. The number of allylic oxidation sites excluding steroid dienone is 1. The van der Waals surface area contributed by atoms with Crippen molar-refractivity contribution in [2.75, 3.05) is 0 Å². The lowest BCUT2D eigenvalue weighted by molar-refractivity contribution is 0.405. The van der Waals surface area contributed by atoms with E-state index in [0.717, 1.165) is 0 Å². The van der Waals surface area contributed by atoms with Gasteiger partial charge in [-0.05, 0) is 0 Å². The van der Waals surface area contributed by atoms with Gasteiger partial charge >= 0.3 is 8.25 Å². The summed E-state index contributed by atoms with van der Waals surface area (Å²) in [7, 11) is -2.87. The zero-order valence-corrected chi connectivity index (χ0v) is 4.88. The Bertz CT molecular complexity index is 112. The summed E-state index contributed by atoms with van der Waals surface area (Å²) in [6, 6.07) is 1.69. The molecule has 0 fully saturated rings. The van der Waals surface area contributed by atoms with Crippen molar-refractivity contribution in [1.82, 2.24) is 0 Å². The average Bonchev–Trinajstić information content (AvgIpc) is 1.65. The van der Waals surface area contributed by atoms with Crippen LogP contribution in [0.4, 0.5) is 0 Å². The third kappa shape index (κ3) is 1520. The first-order valence-corrected chi connectivity index (χ1v) is 2.67. The lowest BCUT2D eigenvalue weighted by Crippen LogP contribution is -1.38. The fourth-order valence-corrected chi connectivity index (χ4v) is 0. The Morgan fingerprint density at radius 2 is 1.88 bits per heavy atom. The van der Waals surface area contributed by atoms with Gasteiger partial charge in [-0.3, -0.25) is 0 Å². The van der Waals surface area contributed by atoms with Crippen LogP contribution in [0.25, 0.3) is 0 Å². The van der Waals surface area contributed by atoms with E-state index in [1.165, 1.54) is 6.08 Å². The summed E-state index contributed by atoms with van der Waals surface area (Å²) in [6.45, 7) is 3.12. The Morgan fingerprint density at radius 3 is 1.88 bits per heavy atom. The van der Waals surface area contributed by atoms with Crippen molar-refractivity contribution in [3.8, 4) is 6.07 Å². The Hall–Kier alpha value is -0.750. The standard InChI is InChI=1S/C3H3N.HO3P/c1-2-3-4;1-4(2)3/h2H,1H2;(H-,1,2,3)/p+1. The summed E-state index contributed by atoms with van der Waals surface area (Å²) >= 11 is 0. The third-order valence-corrected chi connectivity index (χ3v) is 0.0913. The van der Waals surface area contributed by atoms with Crippen LogP contribution < -0.4 is 0 Å². The van der Waals surface area contributed by atoms with Crippen LogP contribution in [0.3, 0.4) is 0 Å². The fourth-order valence-electron chi connectivity index (χ4n) is 0. The van der Waals surface area contributed by atoms with E-state index in [1.54, 1.807) is 6.07 Å². The van der Waals surface area contributed by atoms with Crippen LogP contribution in [0.1, 0.15) is 0 Å². The molecule has 0 aliphatic heterocycles. The molecule has 0 bridgehead atoms. The number of nitriles is 1. The number of rotatable bonds is 0. The van der Waals surface area contributed by atoms with Crippen molar-refractivity contribution in [3.05, 3.63) is 12.7 Å². The van der Waals surface area contributed by atoms with Gasteiger partial charge in [-0.1, -0.05) is 6.58 Å². The maximum atomic E-state index is 8.70. The SMILES string of the molecule is C=CC#N.O=[P+](O)O. The van der Waals surface area contributed by atoms with Crippen molar-refractivity contribution >= 4 is 8.25 Å². The van der Waals surface area contributed by atoms with Crippen LogP contribution in [0.5, 0.6) is 0 Å². The Balaban J connectivity index is 0. The predicted molar refractivity (Wildman–Crippen MR) is 27.9 cm³/mol. The van der Waals surface area contributed by atoms with Gasteiger partial charge in [0, 0.05) is 10.6 Å². The van der Waals surface area contributed by atoms with Crippen molar-refractivity contribution in [2.45, 2.75) is 0 Å². The van der Waals surface area contributed by atoms with E-state index in [0.29, 0.717) is 0 Å². The van der Waals surface area contributed by atoms with Gasteiger partial charge in [-0.2, -0.15) is 5.26 Å². The van der Waals surface area contributed by atoms with E-state index in [9.17, 15) is 0 Å². The smallest absolute Gasteiger partial charge is 0.193 e. The fraction of sp³-hybridized carbons (Fsp3) is 0. The summed E-state index contributed by atoms with van der Waals surface area (Å²) in [5.41, 5.74) is 0. The molecule has 0 aromatic heterocycles. The summed E-state index contributed by atoms with van der Waals surface area (Å²) in [5.74, 6) is 0. The molecule has 0 spiro atoms. The minimum Gasteiger partial charge on any atom is -0.193 e. The molecule has 0 aromatic rings. The van der Waals surface area contributed by atoms with E-state index in [1.807, 2.05) is 0 Å². The second kappa shape index (κ2) is 9.54. The number of nitrogens with zero attached hydrogens (tertiary/aromatic N) is 1. The molecule has 44 valence electrons. The van der Waals surface area contributed by atoms with E-state index >= 15 is 0 Å². The minimum absolute atomic E-state index is 1.18. The molecule has 0 atom stereocenters. The molecule has 0 heterocycles. The molecule has 0 aliphatic carbocycles. The molecule has 0 aromatic carbocycles. The third-order valence-electron chi connectivity index (χ3n) is 0.0913. The highest BCUT2D eigenvalue weighted by Gasteiger charge is 1.93. The lowest BCUT2D eigenvalue weighted by Gasteiger charge is -1.34.